The van der Waals surface area contributed by atoms with E-state index in [0.717, 1.165) is 28.2 Å². The molecule has 0 saturated heterocycles. The van der Waals surface area contributed by atoms with Crippen LogP contribution in [0.5, 0.6) is 11.5 Å². The summed E-state index contributed by atoms with van der Waals surface area (Å²) in [6.45, 7) is 4.40. The number of anilines is 1. The molecule has 0 spiro atoms. The molecular formula is C23H24ClN3O4S. The molecule has 0 aliphatic heterocycles. The van der Waals surface area contributed by atoms with Gasteiger partial charge in [-0.1, -0.05) is 11.6 Å². The maximum absolute atomic E-state index is 11.5. The minimum Gasteiger partial charge on any atom is -0.496 e. The van der Waals surface area contributed by atoms with E-state index in [9.17, 15) is 4.79 Å². The lowest BCUT2D eigenvalue weighted by Crippen LogP contribution is -2.07. The van der Waals surface area contributed by atoms with Crippen molar-refractivity contribution in [2.75, 3.05) is 19.1 Å². The number of thiazole rings is 1. The molecule has 0 radical (unpaired) electrons. The molecule has 3 rings (SSSR count). The molecule has 0 aliphatic rings. The molecule has 0 bridgehead atoms. The van der Waals surface area contributed by atoms with E-state index >= 15 is 0 Å². The minimum absolute atomic E-state index is 0.144. The maximum Gasteiger partial charge on any atom is 0.311 e. The number of halogens is 1. The average Bonchev–Trinajstić information content (AvgIpc) is 3.21. The Kier molecular flexibility index (Phi) is 8.47. The molecule has 1 aromatic heterocycles. The Balaban J connectivity index is 1.62. The van der Waals surface area contributed by atoms with Crippen LogP contribution in [0, 0.1) is 6.92 Å². The van der Waals surface area contributed by atoms with Crippen molar-refractivity contribution in [1.82, 2.24) is 4.98 Å². The summed E-state index contributed by atoms with van der Waals surface area (Å²) in [5.74, 6) is 1.16. The number of nitrogens with one attached hydrogen (secondary N) is 1. The van der Waals surface area contributed by atoms with Crippen molar-refractivity contribution in [2.24, 2.45) is 5.10 Å². The van der Waals surface area contributed by atoms with Gasteiger partial charge in [0.05, 0.1) is 32.0 Å². The number of carbonyl (C=O) groups is 1. The number of aryl methyl sites for hydroxylation is 1. The SMILES string of the molecule is CCOC(=O)Cc1csc(NN=Cc2ccc(OC)c(COc3ccc(Cl)c(C)c3)c2)n1. The summed E-state index contributed by atoms with van der Waals surface area (Å²) in [5.41, 5.74) is 6.24. The molecule has 0 amide bonds. The van der Waals surface area contributed by atoms with E-state index in [0.29, 0.717) is 29.1 Å². The van der Waals surface area contributed by atoms with E-state index in [-0.39, 0.29) is 12.4 Å². The van der Waals surface area contributed by atoms with Gasteiger partial charge in [0.2, 0.25) is 5.13 Å². The lowest BCUT2D eigenvalue weighted by Gasteiger charge is -2.12. The van der Waals surface area contributed by atoms with Gasteiger partial charge < -0.3 is 14.2 Å². The van der Waals surface area contributed by atoms with Gasteiger partial charge in [0.1, 0.15) is 18.1 Å². The number of benzene rings is 2. The first-order chi connectivity index (χ1) is 15.5. The minimum atomic E-state index is -0.297. The summed E-state index contributed by atoms with van der Waals surface area (Å²) < 4.78 is 16.3. The predicted molar refractivity (Wildman–Crippen MR) is 127 cm³/mol. The normalized spacial score (nSPS) is 10.9. The number of nitrogens with zero attached hydrogens (tertiary/aromatic N) is 2. The fourth-order valence-electron chi connectivity index (χ4n) is 2.82. The van der Waals surface area contributed by atoms with Gasteiger partial charge in [-0.2, -0.15) is 5.10 Å². The Morgan fingerprint density at radius 2 is 2.12 bits per heavy atom. The van der Waals surface area contributed by atoms with Crippen molar-refractivity contribution in [3.05, 3.63) is 69.2 Å². The Hall–Kier alpha value is -3.10. The van der Waals surface area contributed by atoms with E-state index in [1.807, 2.05) is 43.3 Å². The maximum atomic E-state index is 11.5. The summed E-state index contributed by atoms with van der Waals surface area (Å²) in [5, 5.41) is 7.33. The van der Waals surface area contributed by atoms with Crippen molar-refractivity contribution in [1.29, 1.82) is 0 Å². The highest BCUT2D eigenvalue weighted by Crippen LogP contribution is 2.25. The van der Waals surface area contributed by atoms with Crippen LogP contribution in [0.4, 0.5) is 5.13 Å². The van der Waals surface area contributed by atoms with Crippen molar-refractivity contribution < 1.29 is 19.0 Å². The highest BCUT2D eigenvalue weighted by molar-refractivity contribution is 7.13. The molecule has 3 aromatic rings. The largest absolute Gasteiger partial charge is 0.496 e. The first-order valence-corrected chi connectivity index (χ1v) is 11.2. The number of aromatic nitrogens is 1. The number of hydrogen-bond acceptors (Lipinski definition) is 8. The number of rotatable bonds is 10. The zero-order valence-electron chi connectivity index (χ0n) is 18.1. The molecule has 0 atom stereocenters. The highest BCUT2D eigenvalue weighted by Gasteiger charge is 2.09. The molecule has 168 valence electrons. The molecule has 0 aliphatic carbocycles. The third kappa shape index (κ3) is 6.70. The first-order valence-electron chi connectivity index (χ1n) is 9.93. The smallest absolute Gasteiger partial charge is 0.311 e. The van der Waals surface area contributed by atoms with E-state index < -0.39 is 0 Å². The van der Waals surface area contributed by atoms with Gasteiger partial charge in [-0.15, -0.1) is 11.3 Å². The van der Waals surface area contributed by atoms with Crippen molar-refractivity contribution in [3.8, 4) is 11.5 Å². The average molecular weight is 474 g/mol. The Morgan fingerprint density at radius 1 is 1.28 bits per heavy atom. The zero-order chi connectivity index (χ0) is 22.9. The van der Waals surface area contributed by atoms with Crippen LogP contribution in [0.2, 0.25) is 5.02 Å². The van der Waals surface area contributed by atoms with Crippen molar-refractivity contribution in [3.63, 3.8) is 0 Å². The molecular weight excluding hydrogens is 450 g/mol. The number of carbonyl (C=O) groups excluding carboxylic acids is 1. The third-order valence-electron chi connectivity index (χ3n) is 4.38. The fraction of sp³-hybridized carbons (Fsp3) is 0.261. The Morgan fingerprint density at radius 3 is 2.88 bits per heavy atom. The van der Waals surface area contributed by atoms with Crippen molar-refractivity contribution >= 4 is 40.3 Å². The van der Waals surface area contributed by atoms with Crippen LogP contribution in [0.15, 0.2) is 46.9 Å². The lowest BCUT2D eigenvalue weighted by atomic mass is 10.1. The van der Waals surface area contributed by atoms with Crippen LogP contribution in [0.25, 0.3) is 0 Å². The van der Waals surface area contributed by atoms with Gasteiger partial charge in [0.15, 0.2) is 0 Å². The standard InChI is InChI=1S/C23H24ClN3O4S/c1-4-30-22(28)11-18-14-32-23(26-18)27-25-12-16-5-8-21(29-3)17(10-16)13-31-19-6-7-20(24)15(2)9-19/h5-10,12,14H,4,11,13H2,1-3H3,(H,26,27). The van der Waals surface area contributed by atoms with Crippen LogP contribution < -0.4 is 14.9 Å². The summed E-state index contributed by atoms with van der Waals surface area (Å²) in [4.78, 5) is 15.9. The predicted octanol–water partition coefficient (Wildman–Crippen LogP) is 5.24. The van der Waals surface area contributed by atoms with Gasteiger partial charge in [0, 0.05) is 16.0 Å². The molecule has 9 heteroatoms. The van der Waals surface area contributed by atoms with Gasteiger partial charge in [-0.25, -0.2) is 4.98 Å². The van der Waals surface area contributed by atoms with Crippen LogP contribution in [0.3, 0.4) is 0 Å². The highest BCUT2D eigenvalue weighted by atomic mass is 35.5. The van der Waals surface area contributed by atoms with E-state index in [1.165, 1.54) is 11.3 Å². The number of methoxy groups -OCH3 is 1. The lowest BCUT2D eigenvalue weighted by molar-refractivity contribution is -0.142. The summed E-state index contributed by atoms with van der Waals surface area (Å²) >= 11 is 7.44. The quantitative estimate of drug-likeness (QED) is 0.246. The number of hydrogen-bond donors (Lipinski definition) is 1. The Bertz CT molecular complexity index is 1100. The third-order valence-corrected chi connectivity index (χ3v) is 5.60. The second-order valence-corrected chi connectivity index (χ2v) is 8.03. The van der Waals surface area contributed by atoms with Gasteiger partial charge in [-0.3, -0.25) is 10.2 Å². The van der Waals surface area contributed by atoms with Crippen molar-refractivity contribution in [2.45, 2.75) is 26.9 Å². The summed E-state index contributed by atoms with van der Waals surface area (Å²) in [7, 11) is 1.62. The van der Waals surface area contributed by atoms with E-state index in [4.69, 9.17) is 25.8 Å². The van der Waals surface area contributed by atoms with Crippen LogP contribution in [-0.4, -0.2) is 30.9 Å². The first kappa shape index (κ1) is 23.6. The Labute approximate surface area is 196 Å². The van der Waals surface area contributed by atoms with Crippen LogP contribution in [-0.2, 0) is 22.6 Å². The molecule has 0 unspecified atom stereocenters. The molecule has 0 saturated carbocycles. The molecule has 1 N–H and O–H groups in total. The monoisotopic (exact) mass is 473 g/mol. The number of ether oxygens (including phenoxy) is 3. The van der Waals surface area contributed by atoms with Gasteiger partial charge in [-0.05, 0) is 61.4 Å². The molecule has 2 aromatic carbocycles. The molecule has 7 nitrogen and oxygen atoms in total. The second-order valence-electron chi connectivity index (χ2n) is 6.77. The number of hydrazone groups is 1. The topological polar surface area (TPSA) is 82.0 Å². The zero-order valence-corrected chi connectivity index (χ0v) is 19.6. The van der Waals surface area contributed by atoms with E-state index in [1.54, 1.807) is 25.6 Å². The summed E-state index contributed by atoms with van der Waals surface area (Å²) in [6.07, 6.45) is 1.83. The van der Waals surface area contributed by atoms with Gasteiger partial charge >= 0.3 is 5.97 Å². The fourth-order valence-corrected chi connectivity index (χ4v) is 3.60. The second kappa shape index (κ2) is 11.5. The van der Waals surface area contributed by atoms with E-state index in [2.05, 4.69) is 15.5 Å². The van der Waals surface area contributed by atoms with Crippen LogP contribution >= 0.6 is 22.9 Å². The number of esters is 1. The molecule has 32 heavy (non-hydrogen) atoms. The molecule has 0 fully saturated rings. The molecule has 1 heterocycles. The summed E-state index contributed by atoms with van der Waals surface area (Å²) in [6, 6.07) is 11.3. The van der Waals surface area contributed by atoms with Crippen LogP contribution in [0.1, 0.15) is 29.3 Å². The van der Waals surface area contributed by atoms with Gasteiger partial charge in [0.25, 0.3) is 0 Å².